The molecule has 6 rings (SSSR count). The molecule has 0 unspecified atom stereocenters. The molecule has 6 atom stereocenters. The van der Waals surface area contributed by atoms with Crippen molar-refractivity contribution in [2.45, 2.75) is 6.42 Å². The summed E-state index contributed by atoms with van der Waals surface area (Å²) >= 11 is 0. The normalized spacial score (nSPS) is 36.0. The van der Waals surface area contributed by atoms with E-state index in [0.717, 1.165) is 11.3 Å². The molecule has 6 heteroatoms. The molecule has 1 saturated heterocycles. The van der Waals surface area contributed by atoms with Crippen molar-refractivity contribution in [2.75, 3.05) is 14.2 Å². The highest BCUT2D eigenvalue weighted by molar-refractivity contribution is 6.22. The lowest BCUT2D eigenvalue weighted by molar-refractivity contribution is -0.136. The van der Waals surface area contributed by atoms with E-state index in [4.69, 9.17) is 9.47 Å². The van der Waals surface area contributed by atoms with Gasteiger partial charge in [0.1, 0.15) is 11.5 Å². The van der Waals surface area contributed by atoms with E-state index in [2.05, 4.69) is 12.2 Å². The second-order valence-corrected chi connectivity index (χ2v) is 7.54. The standard InChI is InChI=1S/C20H19NO5/c1-25-9-3-4-12(15(7-9)26-2)18(22)21-19(23)16-10-5-6-11(14-8-13(10)14)17(16)20(21)24/h3-7,10-11,13-14,16-17H,8H2,1-2H3/t10-,11-,13-,14-,16+,17+/m0/s1. The number of hydrogen-bond acceptors (Lipinski definition) is 5. The summed E-state index contributed by atoms with van der Waals surface area (Å²) in [4.78, 5) is 40.0. The molecule has 2 bridgehead atoms. The highest BCUT2D eigenvalue weighted by atomic mass is 16.5. The SMILES string of the molecule is COc1ccc(C(=O)N2C(=O)[C@@H]3[C@H]4C=C[C@@H]([C@@H]5C[C@@H]45)[C@H]3C2=O)c(OC)c1. The van der Waals surface area contributed by atoms with E-state index in [-0.39, 0.29) is 46.8 Å². The molecule has 0 radical (unpaired) electrons. The Kier molecular flexibility index (Phi) is 3.12. The summed E-state index contributed by atoms with van der Waals surface area (Å²) in [7, 11) is 2.96. The zero-order valence-electron chi connectivity index (χ0n) is 14.5. The number of nitrogens with zero attached hydrogens (tertiary/aromatic N) is 1. The Morgan fingerprint density at radius 1 is 1.00 bits per heavy atom. The minimum absolute atomic E-state index is 0.0991. The number of carbonyl (C=O) groups is 3. The molecule has 1 heterocycles. The predicted molar refractivity (Wildman–Crippen MR) is 90.4 cm³/mol. The van der Waals surface area contributed by atoms with Gasteiger partial charge in [0.05, 0.1) is 31.6 Å². The molecule has 134 valence electrons. The Labute approximate surface area is 150 Å². The molecule has 2 saturated carbocycles. The zero-order chi connectivity index (χ0) is 18.2. The number of rotatable bonds is 3. The number of hydrogen-bond donors (Lipinski definition) is 0. The molecular formula is C20H19NO5. The zero-order valence-corrected chi connectivity index (χ0v) is 14.5. The van der Waals surface area contributed by atoms with Crippen LogP contribution in [0.3, 0.4) is 0 Å². The van der Waals surface area contributed by atoms with Crippen molar-refractivity contribution in [3.05, 3.63) is 35.9 Å². The Morgan fingerprint density at radius 3 is 2.15 bits per heavy atom. The van der Waals surface area contributed by atoms with Crippen LogP contribution in [0.4, 0.5) is 0 Å². The maximum absolute atomic E-state index is 13.1. The molecule has 0 N–H and O–H groups in total. The van der Waals surface area contributed by atoms with E-state index in [9.17, 15) is 14.4 Å². The van der Waals surface area contributed by atoms with Crippen LogP contribution in [0.2, 0.25) is 0 Å². The smallest absolute Gasteiger partial charge is 0.271 e. The quantitative estimate of drug-likeness (QED) is 0.613. The monoisotopic (exact) mass is 353 g/mol. The highest BCUT2D eigenvalue weighted by Crippen LogP contribution is 2.65. The molecule has 0 aromatic heterocycles. The minimum Gasteiger partial charge on any atom is -0.497 e. The van der Waals surface area contributed by atoms with Crippen LogP contribution < -0.4 is 9.47 Å². The molecule has 1 aromatic rings. The summed E-state index contributed by atoms with van der Waals surface area (Å²) in [5.41, 5.74) is 0.194. The van der Waals surface area contributed by atoms with E-state index >= 15 is 0 Å². The summed E-state index contributed by atoms with van der Waals surface area (Å²) < 4.78 is 10.4. The average Bonchev–Trinajstić information content (AvgIpc) is 3.44. The van der Waals surface area contributed by atoms with Gasteiger partial charge in [-0.05, 0) is 42.2 Å². The van der Waals surface area contributed by atoms with E-state index in [0.29, 0.717) is 17.6 Å². The minimum atomic E-state index is -0.609. The summed E-state index contributed by atoms with van der Waals surface area (Å²) in [6.45, 7) is 0. The van der Waals surface area contributed by atoms with Gasteiger partial charge in [-0.2, -0.15) is 0 Å². The number of amides is 3. The molecule has 1 aromatic carbocycles. The number of carbonyl (C=O) groups excluding carboxylic acids is 3. The van der Waals surface area contributed by atoms with Crippen molar-refractivity contribution in [1.82, 2.24) is 4.90 Å². The van der Waals surface area contributed by atoms with E-state index in [1.165, 1.54) is 20.3 Å². The maximum atomic E-state index is 13.1. The summed E-state index contributed by atoms with van der Waals surface area (Å²) in [5, 5.41) is 0. The van der Waals surface area contributed by atoms with Crippen LogP contribution in [-0.2, 0) is 9.59 Å². The lowest BCUT2D eigenvalue weighted by Gasteiger charge is -2.37. The second kappa shape index (κ2) is 5.19. The summed E-state index contributed by atoms with van der Waals surface area (Å²) in [6.07, 6.45) is 5.27. The van der Waals surface area contributed by atoms with Crippen LogP contribution in [0.5, 0.6) is 11.5 Å². The Bertz CT molecular complexity index is 839. The van der Waals surface area contributed by atoms with Crippen LogP contribution in [-0.4, -0.2) is 36.8 Å². The maximum Gasteiger partial charge on any atom is 0.271 e. The van der Waals surface area contributed by atoms with Crippen LogP contribution in [0.25, 0.3) is 0 Å². The molecule has 6 nitrogen and oxygen atoms in total. The van der Waals surface area contributed by atoms with Crippen molar-refractivity contribution in [2.24, 2.45) is 35.5 Å². The molecule has 3 fully saturated rings. The molecule has 1 aliphatic heterocycles. The third-order valence-corrected chi connectivity index (χ3v) is 6.50. The first-order chi connectivity index (χ1) is 12.6. The fourth-order valence-corrected chi connectivity index (χ4v) is 5.25. The highest BCUT2D eigenvalue weighted by Gasteiger charge is 2.67. The number of allylic oxidation sites excluding steroid dienone is 2. The lowest BCUT2D eigenvalue weighted by Crippen LogP contribution is -2.40. The Hall–Kier alpha value is -2.63. The van der Waals surface area contributed by atoms with E-state index in [1.807, 2.05) is 0 Å². The van der Waals surface area contributed by atoms with Crippen molar-refractivity contribution in [3.8, 4) is 11.5 Å². The van der Waals surface area contributed by atoms with Gasteiger partial charge in [0.25, 0.3) is 5.91 Å². The fraction of sp³-hybridized carbons (Fsp3) is 0.450. The van der Waals surface area contributed by atoms with Crippen molar-refractivity contribution in [1.29, 1.82) is 0 Å². The van der Waals surface area contributed by atoms with Gasteiger partial charge in [-0.3, -0.25) is 14.4 Å². The molecule has 5 aliphatic rings. The fourth-order valence-electron chi connectivity index (χ4n) is 5.25. The van der Waals surface area contributed by atoms with E-state index in [1.54, 1.807) is 12.1 Å². The number of likely N-dealkylation sites (tertiary alicyclic amines) is 1. The molecule has 4 aliphatic carbocycles. The summed E-state index contributed by atoms with van der Waals surface area (Å²) in [6, 6.07) is 4.73. The molecule has 26 heavy (non-hydrogen) atoms. The summed E-state index contributed by atoms with van der Waals surface area (Å²) in [5.74, 6) is -0.0422. The lowest BCUT2D eigenvalue weighted by atomic mass is 9.63. The topological polar surface area (TPSA) is 72.9 Å². The molecular weight excluding hydrogens is 334 g/mol. The first-order valence-corrected chi connectivity index (χ1v) is 8.89. The third kappa shape index (κ3) is 1.84. The molecule has 0 spiro atoms. The van der Waals surface area contributed by atoms with Gasteiger partial charge in [0.2, 0.25) is 11.8 Å². The van der Waals surface area contributed by atoms with Gasteiger partial charge in [-0.15, -0.1) is 0 Å². The number of benzene rings is 1. The van der Waals surface area contributed by atoms with E-state index < -0.39 is 5.91 Å². The first kappa shape index (κ1) is 15.6. The van der Waals surface area contributed by atoms with Crippen LogP contribution in [0, 0.1) is 35.5 Å². The van der Waals surface area contributed by atoms with Gasteiger partial charge in [0.15, 0.2) is 0 Å². The van der Waals surface area contributed by atoms with Gasteiger partial charge in [-0.1, -0.05) is 12.2 Å². The van der Waals surface area contributed by atoms with Gasteiger partial charge < -0.3 is 9.47 Å². The third-order valence-electron chi connectivity index (χ3n) is 6.50. The van der Waals surface area contributed by atoms with Gasteiger partial charge in [0, 0.05) is 6.07 Å². The largest absolute Gasteiger partial charge is 0.497 e. The Balaban J connectivity index is 1.51. The van der Waals surface area contributed by atoms with Gasteiger partial charge >= 0.3 is 0 Å². The Morgan fingerprint density at radius 2 is 1.62 bits per heavy atom. The second-order valence-electron chi connectivity index (χ2n) is 7.54. The number of ether oxygens (including phenoxy) is 2. The van der Waals surface area contributed by atoms with Crippen molar-refractivity contribution >= 4 is 17.7 Å². The van der Waals surface area contributed by atoms with Crippen molar-refractivity contribution in [3.63, 3.8) is 0 Å². The molecule has 3 amide bonds. The van der Waals surface area contributed by atoms with Crippen LogP contribution >= 0.6 is 0 Å². The van der Waals surface area contributed by atoms with Crippen LogP contribution in [0.1, 0.15) is 16.8 Å². The number of methoxy groups -OCH3 is 2. The van der Waals surface area contributed by atoms with Crippen LogP contribution in [0.15, 0.2) is 30.4 Å². The van der Waals surface area contributed by atoms with Gasteiger partial charge in [-0.25, -0.2) is 4.90 Å². The first-order valence-electron chi connectivity index (χ1n) is 8.89. The average molecular weight is 353 g/mol. The number of imide groups is 3. The predicted octanol–water partition coefficient (Wildman–Crippen LogP) is 1.90. The van der Waals surface area contributed by atoms with Crippen molar-refractivity contribution < 1.29 is 23.9 Å².